The number of amides is 1. The van der Waals surface area contributed by atoms with Crippen LogP contribution in [0.4, 0.5) is 4.79 Å². The Hall–Kier alpha value is -1.79. The Kier molecular flexibility index (Phi) is 5.14. The summed E-state index contributed by atoms with van der Waals surface area (Å²) in [6, 6.07) is 0. The molecule has 1 radical (unpaired) electrons. The summed E-state index contributed by atoms with van der Waals surface area (Å²) in [6.45, 7) is 3.37. The summed E-state index contributed by atoms with van der Waals surface area (Å²) < 4.78 is 3.90. The van der Waals surface area contributed by atoms with Crippen molar-refractivity contribution < 1.29 is 29.3 Å². The van der Waals surface area contributed by atoms with Crippen molar-refractivity contribution in [3.05, 3.63) is 6.92 Å². The average Bonchev–Trinajstić information content (AvgIpc) is 2.10. The predicted octanol–water partition coefficient (Wildman–Crippen LogP) is -2.82. The van der Waals surface area contributed by atoms with Gasteiger partial charge in [-0.15, -0.1) is 0 Å². The summed E-state index contributed by atoms with van der Waals surface area (Å²) in [5, 5.41) is 20.4. The smallest absolute Gasteiger partial charge is 0.252 e. The summed E-state index contributed by atoms with van der Waals surface area (Å²) in [5.41, 5.74) is 4.92. The SMILES string of the molecule is [CH2]CC(CC(OC(=O)[O-])C(=O)[O-])C(N)=O. The third-order valence-electron chi connectivity index (χ3n) is 1.75. The van der Waals surface area contributed by atoms with Crippen molar-refractivity contribution in [2.24, 2.45) is 11.7 Å². The zero-order valence-electron chi connectivity index (χ0n) is 7.80. The Labute approximate surface area is 85.8 Å². The van der Waals surface area contributed by atoms with Gasteiger partial charge in [0.25, 0.3) is 6.16 Å². The number of carbonyl (C=O) groups excluding carboxylic acids is 3. The summed E-state index contributed by atoms with van der Waals surface area (Å²) in [6.07, 6.45) is -4.14. The van der Waals surface area contributed by atoms with E-state index in [-0.39, 0.29) is 6.42 Å². The number of carboxylic acid groups (broad SMARTS) is 2. The number of primary amides is 1. The topological polar surface area (TPSA) is 133 Å². The van der Waals surface area contributed by atoms with Crippen LogP contribution in [-0.2, 0) is 14.3 Å². The van der Waals surface area contributed by atoms with Gasteiger partial charge in [-0.05, 0) is 12.8 Å². The fraction of sp³-hybridized carbons (Fsp3) is 0.500. The maximum Gasteiger partial charge on any atom is 0.252 e. The Morgan fingerprint density at radius 2 is 1.87 bits per heavy atom. The van der Waals surface area contributed by atoms with E-state index in [4.69, 9.17) is 5.73 Å². The molecule has 0 saturated carbocycles. The van der Waals surface area contributed by atoms with E-state index in [9.17, 15) is 24.6 Å². The largest absolute Gasteiger partial charge is 0.548 e. The number of rotatable bonds is 6. The van der Waals surface area contributed by atoms with Crippen LogP contribution in [0.15, 0.2) is 0 Å². The standard InChI is InChI=1S/C8H12NO6/c1-2-4(6(9)10)3-5(7(11)12)15-8(13)14/h4-5H,1-3H2,(H2,9,10)(H,11,12)(H,13,14)/p-2. The highest BCUT2D eigenvalue weighted by atomic mass is 16.7. The molecule has 2 unspecified atom stereocenters. The fourth-order valence-electron chi connectivity index (χ4n) is 0.943. The van der Waals surface area contributed by atoms with Crippen LogP contribution in [0.2, 0.25) is 0 Å². The van der Waals surface area contributed by atoms with Crippen molar-refractivity contribution in [2.45, 2.75) is 18.9 Å². The normalized spacial score (nSPS) is 13.9. The summed E-state index contributed by atoms with van der Waals surface area (Å²) >= 11 is 0. The first-order chi connectivity index (χ1) is 6.88. The van der Waals surface area contributed by atoms with E-state index in [1.54, 1.807) is 0 Å². The number of aliphatic carboxylic acids is 1. The Bertz CT molecular complexity index is 264. The second kappa shape index (κ2) is 5.84. The molecule has 0 fully saturated rings. The second-order valence-corrected chi connectivity index (χ2v) is 2.80. The van der Waals surface area contributed by atoms with Crippen molar-refractivity contribution in [3.8, 4) is 0 Å². The van der Waals surface area contributed by atoms with Crippen molar-refractivity contribution >= 4 is 18.0 Å². The first-order valence-electron chi connectivity index (χ1n) is 4.05. The number of ether oxygens (including phenoxy) is 1. The molecule has 1 amide bonds. The Morgan fingerprint density at radius 1 is 1.33 bits per heavy atom. The van der Waals surface area contributed by atoms with Crippen LogP contribution >= 0.6 is 0 Å². The summed E-state index contributed by atoms with van der Waals surface area (Å²) in [4.78, 5) is 31.1. The molecular formula is C8H10NO6-2. The van der Waals surface area contributed by atoms with Crippen LogP contribution < -0.4 is 15.9 Å². The Balaban J connectivity index is 4.45. The molecule has 7 heteroatoms. The zero-order valence-corrected chi connectivity index (χ0v) is 7.80. The monoisotopic (exact) mass is 216 g/mol. The van der Waals surface area contributed by atoms with Crippen LogP contribution in [0, 0.1) is 12.8 Å². The third kappa shape index (κ3) is 4.84. The molecule has 15 heavy (non-hydrogen) atoms. The lowest BCUT2D eigenvalue weighted by atomic mass is 9.98. The van der Waals surface area contributed by atoms with Gasteiger partial charge in [0.15, 0.2) is 0 Å². The minimum atomic E-state index is -2.00. The molecule has 0 aliphatic rings. The summed E-state index contributed by atoms with van der Waals surface area (Å²) in [7, 11) is 0. The molecule has 0 aliphatic heterocycles. The first kappa shape index (κ1) is 13.2. The van der Waals surface area contributed by atoms with E-state index in [0.717, 1.165) is 0 Å². The molecule has 7 nitrogen and oxygen atoms in total. The number of hydrogen-bond acceptors (Lipinski definition) is 6. The zero-order chi connectivity index (χ0) is 12.0. The minimum absolute atomic E-state index is 0.0372. The molecule has 2 N–H and O–H groups in total. The molecule has 0 spiro atoms. The lowest BCUT2D eigenvalue weighted by Gasteiger charge is -2.25. The Morgan fingerprint density at radius 3 is 2.13 bits per heavy atom. The number of carboxylic acids is 1. The molecule has 85 valence electrons. The van der Waals surface area contributed by atoms with E-state index in [1.165, 1.54) is 0 Å². The van der Waals surface area contributed by atoms with Gasteiger partial charge in [0.1, 0.15) is 0 Å². The van der Waals surface area contributed by atoms with Gasteiger partial charge in [0, 0.05) is 5.92 Å². The van der Waals surface area contributed by atoms with E-state index in [2.05, 4.69) is 11.7 Å². The highest BCUT2D eigenvalue weighted by Crippen LogP contribution is 2.12. The maximum atomic E-state index is 10.7. The van der Waals surface area contributed by atoms with Gasteiger partial charge in [-0.3, -0.25) is 4.79 Å². The van der Waals surface area contributed by atoms with E-state index in [1.807, 2.05) is 0 Å². The second-order valence-electron chi connectivity index (χ2n) is 2.80. The molecule has 0 aliphatic carbocycles. The highest BCUT2D eigenvalue weighted by Gasteiger charge is 2.19. The maximum absolute atomic E-state index is 10.7. The van der Waals surface area contributed by atoms with Crippen molar-refractivity contribution in [1.29, 1.82) is 0 Å². The number of carbonyl (C=O) groups is 3. The highest BCUT2D eigenvalue weighted by molar-refractivity contribution is 5.79. The lowest BCUT2D eigenvalue weighted by Crippen LogP contribution is -2.44. The molecule has 2 atom stereocenters. The van der Waals surface area contributed by atoms with E-state index >= 15 is 0 Å². The van der Waals surface area contributed by atoms with Gasteiger partial charge in [0.2, 0.25) is 5.91 Å². The van der Waals surface area contributed by atoms with Crippen LogP contribution in [0.1, 0.15) is 12.8 Å². The molecule has 0 aromatic heterocycles. The minimum Gasteiger partial charge on any atom is -0.548 e. The molecule has 0 rings (SSSR count). The van der Waals surface area contributed by atoms with Gasteiger partial charge in [-0.1, -0.05) is 6.92 Å². The average molecular weight is 216 g/mol. The molecule has 0 heterocycles. The van der Waals surface area contributed by atoms with Crippen molar-refractivity contribution in [2.75, 3.05) is 0 Å². The number of nitrogens with two attached hydrogens (primary N) is 1. The first-order valence-corrected chi connectivity index (χ1v) is 4.05. The molecular weight excluding hydrogens is 206 g/mol. The van der Waals surface area contributed by atoms with Gasteiger partial charge in [-0.2, -0.15) is 0 Å². The molecule has 0 saturated heterocycles. The summed E-state index contributed by atoms with van der Waals surface area (Å²) in [5.74, 6) is -3.41. The number of hydrogen-bond donors (Lipinski definition) is 1. The van der Waals surface area contributed by atoms with Crippen LogP contribution in [0.25, 0.3) is 0 Å². The third-order valence-corrected chi connectivity index (χ3v) is 1.75. The van der Waals surface area contributed by atoms with E-state index in [0.29, 0.717) is 0 Å². The predicted molar refractivity (Wildman–Crippen MR) is 42.6 cm³/mol. The van der Waals surface area contributed by atoms with Crippen LogP contribution in [0.5, 0.6) is 0 Å². The van der Waals surface area contributed by atoms with Gasteiger partial charge >= 0.3 is 0 Å². The molecule has 0 aromatic carbocycles. The van der Waals surface area contributed by atoms with Gasteiger partial charge < -0.3 is 30.3 Å². The van der Waals surface area contributed by atoms with Crippen LogP contribution in [0.3, 0.4) is 0 Å². The van der Waals surface area contributed by atoms with Crippen molar-refractivity contribution in [1.82, 2.24) is 0 Å². The lowest BCUT2D eigenvalue weighted by molar-refractivity contribution is -0.327. The quantitative estimate of drug-likeness (QED) is 0.476. The fourth-order valence-corrected chi connectivity index (χ4v) is 0.943. The van der Waals surface area contributed by atoms with E-state index < -0.39 is 36.5 Å². The van der Waals surface area contributed by atoms with Crippen molar-refractivity contribution in [3.63, 3.8) is 0 Å². The van der Waals surface area contributed by atoms with Crippen LogP contribution in [-0.4, -0.2) is 24.1 Å². The molecule has 0 bridgehead atoms. The van der Waals surface area contributed by atoms with Gasteiger partial charge in [0.05, 0.1) is 12.1 Å². The molecule has 0 aromatic rings. The van der Waals surface area contributed by atoms with Gasteiger partial charge in [-0.25, -0.2) is 0 Å².